The second kappa shape index (κ2) is 5.42. The van der Waals surface area contributed by atoms with Gasteiger partial charge in [-0.3, -0.25) is 4.79 Å². The van der Waals surface area contributed by atoms with Crippen molar-refractivity contribution in [1.29, 1.82) is 0 Å². The van der Waals surface area contributed by atoms with Gasteiger partial charge in [-0.1, -0.05) is 0 Å². The number of hydrogen-bond donors (Lipinski definition) is 1. The molecule has 4 nitrogen and oxygen atoms in total. The Morgan fingerprint density at radius 1 is 1.45 bits per heavy atom. The Morgan fingerprint density at radius 3 is 2.80 bits per heavy atom. The monoisotopic (exact) mass is 290 g/mol. The fourth-order valence-electron chi connectivity index (χ4n) is 2.65. The van der Waals surface area contributed by atoms with Crippen LogP contribution in [0.15, 0.2) is 36.0 Å². The lowest BCUT2D eigenvalue weighted by molar-refractivity contribution is 0.0266. The van der Waals surface area contributed by atoms with E-state index in [0.29, 0.717) is 5.92 Å². The first kappa shape index (κ1) is 13.4. The van der Waals surface area contributed by atoms with Crippen LogP contribution in [0.5, 0.6) is 0 Å². The van der Waals surface area contributed by atoms with Gasteiger partial charge in [-0.2, -0.15) is 0 Å². The zero-order chi connectivity index (χ0) is 14.1. The van der Waals surface area contributed by atoms with E-state index in [-0.39, 0.29) is 12.0 Å². The molecule has 0 saturated heterocycles. The van der Waals surface area contributed by atoms with E-state index in [1.807, 2.05) is 47.6 Å². The Morgan fingerprint density at radius 2 is 2.15 bits per heavy atom. The summed E-state index contributed by atoms with van der Waals surface area (Å²) in [7, 11) is 1.84. The summed E-state index contributed by atoms with van der Waals surface area (Å²) in [5.74, 6) is 0.499. The highest BCUT2D eigenvalue weighted by Gasteiger charge is 2.30. The number of thiophene rings is 1. The molecule has 0 atom stereocenters. The molecule has 1 fully saturated rings. The molecular weight excluding hydrogens is 272 g/mol. The average Bonchev–Trinajstić information content (AvgIpc) is 3.05. The molecule has 1 saturated carbocycles. The second-order valence-corrected chi connectivity index (χ2v) is 6.32. The maximum absolute atomic E-state index is 12.5. The van der Waals surface area contributed by atoms with Gasteiger partial charge >= 0.3 is 0 Å². The third-order valence-corrected chi connectivity index (χ3v) is 4.70. The summed E-state index contributed by atoms with van der Waals surface area (Å²) >= 11 is 1.48. The van der Waals surface area contributed by atoms with E-state index in [1.165, 1.54) is 11.3 Å². The molecule has 5 heteroatoms. The molecule has 1 amide bonds. The van der Waals surface area contributed by atoms with Crippen LogP contribution in [0.3, 0.4) is 0 Å². The number of aliphatic hydroxyl groups excluding tert-OH is 1. The first-order valence-electron chi connectivity index (χ1n) is 6.79. The van der Waals surface area contributed by atoms with Crippen molar-refractivity contribution in [2.24, 2.45) is 5.92 Å². The zero-order valence-corrected chi connectivity index (χ0v) is 12.2. The molecule has 2 aromatic rings. The van der Waals surface area contributed by atoms with Gasteiger partial charge in [0.2, 0.25) is 0 Å². The Balaban J connectivity index is 1.72. The van der Waals surface area contributed by atoms with Crippen molar-refractivity contribution in [2.75, 3.05) is 13.6 Å². The third kappa shape index (κ3) is 2.51. The molecule has 0 radical (unpaired) electrons. The lowest BCUT2D eigenvalue weighted by Gasteiger charge is -2.34. The van der Waals surface area contributed by atoms with Crippen molar-refractivity contribution in [2.45, 2.75) is 18.9 Å². The predicted molar refractivity (Wildman–Crippen MR) is 79.3 cm³/mol. The van der Waals surface area contributed by atoms with Gasteiger partial charge in [-0.25, -0.2) is 0 Å². The first-order valence-corrected chi connectivity index (χ1v) is 7.67. The standard InChI is InChI=1S/C15H18N2O2S/c1-16(10-11-8-12(18)9-11)15(19)14-13(4-7-20-14)17-5-2-3-6-17/h2-7,11-12,18H,8-10H2,1H3. The summed E-state index contributed by atoms with van der Waals surface area (Å²) in [4.78, 5) is 15.1. The molecule has 0 spiro atoms. The molecule has 0 unspecified atom stereocenters. The highest BCUT2D eigenvalue weighted by Crippen LogP contribution is 2.29. The molecule has 1 aliphatic carbocycles. The SMILES string of the molecule is CN(CC1CC(O)C1)C(=O)c1sccc1-n1cccc1. The van der Waals surface area contributed by atoms with Crippen molar-refractivity contribution in [3.05, 3.63) is 40.8 Å². The lowest BCUT2D eigenvalue weighted by Crippen LogP contribution is -2.39. The molecule has 1 N–H and O–H groups in total. The van der Waals surface area contributed by atoms with Crippen molar-refractivity contribution in [3.63, 3.8) is 0 Å². The van der Waals surface area contributed by atoms with E-state index in [2.05, 4.69) is 0 Å². The van der Waals surface area contributed by atoms with E-state index in [4.69, 9.17) is 0 Å². The number of rotatable bonds is 4. The smallest absolute Gasteiger partial charge is 0.265 e. The van der Waals surface area contributed by atoms with Crippen LogP contribution in [0.25, 0.3) is 5.69 Å². The minimum Gasteiger partial charge on any atom is -0.393 e. The number of aliphatic hydroxyl groups is 1. The Hall–Kier alpha value is -1.59. The number of hydrogen-bond acceptors (Lipinski definition) is 3. The van der Waals surface area contributed by atoms with Crippen LogP contribution in [0.2, 0.25) is 0 Å². The van der Waals surface area contributed by atoms with Gasteiger partial charge in [0.15, 0.2) is 0 Å². The van der Waals surface area contributed by atoms with Crippen molar-refractivity contribution >= 4 is 17.2 Å². The zero-order valence-electron chi connectivity index (χ0n) is 11.4. The second-order valence-electron chi connectivity index (χ2n) is 5.40. The van der Waals surface area contributed by atoms with Crippen LogP contribution >= 0.6 is 11.3 Å². The molecule has 0 aromatic carbocycles. The summed E-state index contributed by atoms with van der Waals surface area (Å²) in [6.45, 7) is 0.721. The molecule has 0 bridgehead atoms. The van der Waals surface area contributed by atoms with Crippen molar-refractivity contribution < 1.29 is 9.90 Å². The number of amides is 1. The van der Waals surface area contributed by atoms with Gasteiger partial charge in [-0.05, 0) is 42.3 Å². The summed E-state index contributed by atoms with van der Waals surface area (Å²) in [5.41, 5.74) is 0.936. The molecule has 3 rings (SSSR count). The Bertz CT molecular complexity index is 585. The van der Waals surface area contributed by atoms with Crippen molar-refractivity contribution in [3.8, 4) is 5.69 Å². The van der Waals surface area contributed by atoms with E-state index < -0.39 is 0 Å². The minimum atomic E-state index is -0.166. The van der Waals surface area contributed by atoms with Gasteiger partial charge in [0.25, 0.3) is 5.91 Å². The summed E-state index contributed by atoms with van der Waals surface area (Å²) in [5, 5.41) is 11.3. The Labute approximate surface area is 122 Å². The normalized spacial score (nSPS) is 21.5. The Kier molecular flexibility index (Phi) is 3.63. The average molecular weight is 290 g/mol. The molecule has 106 valence electrons. The summed E-state index contributed by atoms with van der Waals surface area (Å²) < 4.78 is 1.96. The number of nitrogens with zero attached hydrogens (tertiary/aromatic N) is 2. The van der Waals surface area contributed by atoms with Gasteiger partial charge in [0.1, 0.15) is 4.88 Å². The van der Waals surface area contributed by atoms with Crippen LogP contribution in [0.4, 0.5) is 0 Å². The minimum absolute atomic E-state index is 0.0603. The molecule has 1 aliphatic rings. The fourth-order valence-corrected chi connectivity index (χ4v) is 3.54. The van der Waals surface area contributed by atoms with Gasteiger partial charge in [-0.15, -0.1) is 11.3 Å². The molecular formula is C15H18N2O2S. The number of carbonyl (C=O) groups is 1. The van der Waals surface area contributed by atoms with Crippen LogP contribution in [0, 0.1) is 5.92 Å². The number of carbonyl (C=O) groups excluding carboxylic acids is 1. The topological polar surface area (TPSA) is 45.5 Å². The van der Waals surface area contributed by atoms with E-state index in [1.54, 1.807) is 4.90 Å². The van der Waals surface area contributed by atoms with Crippen molar-refractivity contribution in [1.82, 2.24) is 9.47 Å². The summed E-state index contributed by atoms with van der Waals surface area (Å²) in [6.07, 6.45) is 5.35. The number of aromatic nitrogens is 1. The van der Waals surface area contributed by atoms with E-state index in [9.17, 15) is 9.90 Å². The van der Waals surface area contributed by atoms with E-state index in [0.717, 1.165) is 30.0 Å². The van der Waals surface area contributed by atoms with Crippen LogP contribution in [0.1, 0.15) is 22.5 Å². The highest BCUT2D eigenvalue weighted by molar-refractivity contribution is 7.12. The molecule has 2 aromatic heterocycles. The summed E-state index contributed by atoms with van der Waals surface area (Å²) in [6, 6.07) is 5.87. The van der Waals surface area contributed by atoms with Gasteiger partial charge < -0.3 is 14.6 Å². The molecule has 0 aliphatic heterocycles. The first-order chi connectivity index (χ1) is 9.65. The quantitative estimate of drug-likeness (QED) is 0.939. The van der Waals surface area contributed by atoms with Crippen LogP contribution in [-0.4, -0.2) is 40.2 Å². The van der Waals surface area contributed by atoms with Crippen LogP contribution in [-0.2, 0) is 0 Å². The lowest BCUT2D eigenvalue weighted by atomic mass is 9.82. The third-order valence-electron chi connectivity index (χ3n) is 3.81. The highest BCUT2D eigenvalue weighted by atomic mass is 32.1. The van der Waals surface area contributed by atoms with Gasteiger partial charge in [0.05, 0.1) is 11.8 Å². The molecule has 2 heterocycles. The largest absolute Gasteiger partial charge is 0.393 e. The maximum atomic E-state index is 12.5. The van der Waals surface area contributed by atoms with Gasteiger partial charge in [0, 0.05) is 26.0 Å². The molecule has 20 heavy (non-hydrogen) atoms. The maximum Gasteiger partial charge on any atom is 0.265 e. The van der Waals surface area contributed by atoms with Crippen LogP contribution < -0.4 is 0 Å². The fraction of sp³-hybridized carbons (Fsp3) is 0.400. The van der Waals surface area contributed by atoms with E-state index >= 15 is 0 Å². The predicted octanol–water partition coefficient (Wildman–Crippen LogP) is 2.38.